The summed E-state index contributed by atoms with van der Waals surface area (Å²) >= 11 is 7.31. The first-order chi connectivity index (χ1) is 16.5. The topological polar surface area (TPSA) is 40.5 Å². The van der Waals surface area contributed by atoms with Crippen molar-refractivity contribution < 1.29 is 10.2 Å². The van der Waals surface area contributed by atoms with E-state index < -0.39 is 10.8 Å². The van der Waals surface area contributed by atoms with Gasteiger partial charge in [0.15, 0.2) is 0 Å². The van der Waals surface area contributed by atoms with Gasteiger partial charge < -0.3 is 10.2 Å². The van der Waals surface area contributed by atoms with Crippen molar-refractivity contribution in [2.45, 2.75) is 23.7 Å². The zero-order chi connectivity index (χ0) is 23.5. The number of hydrogen-bond donors (Lipinski definition) is 2. The van der Waals surface area contributed by atoms with Gasteiger partial charge in [0.2, 0.25) is 0 Å². The molecule has 0 bridgehead atoms. The molecule has 0 saturated heterocycles. The van der Waals surface area contributed by atoms with Gasteiger partial charge >= 0.3 is 0 Å². The Bertz CT molecular complexity index is 1320. The van der Waals surface area contributed by atoms with E-state index in [4.69, 9.17) is 0 Å². The van der Waals surface area contributed by atoms with Gasteiger partial charge in [0.25, 0.3) is 0 Å². The summed E-state index contributed by atoms with van der Waals surface area (Å²) in [6.07, 6.45) is 1.43. The molecule has 4 aromatic carbocycles. The average molecular weight is 576 g/mol. The third kappa shape index (κ3) is 2.99. The monoisotopic (exact) mass is 574 g/mol. The minimum atomic E-state index is -0.526. The molecule has 0 aliphatic heterocycles. The number of rotatable bonds is 5. The number of halogens is 2. The van der Waals surface area contributed by atoms with Crippen molar-refractivity contribution in [2.24, 2.45) is 0 Å². The second-order valence-electron chi connectivity index (χ2n) is 9.45. The van der Waals surface area contributed by atoms with Gasteiger partial charge in [-0.3, -0.25) is 0 Å². The fraction of sp³-hybridized carbons (Fsp3) is 0.200. The van der Waals surface area contributed by atoms with Gasteiger partial charge in [0.05, 0.1) is 13.2 Å². The van der Waals surface area contributed by atoms with E-state index in [0.717, 1.165) is 20.1 Å². The summed E-state index contributed by atoms with van der Waals surface area (Å²) in [6, 6.07) is 29.6. The standard InChI is InChI=1S/C30H24Br2O2/c31-19-9-11-23-21-5-1-3-7-25(21)29(17-33,27(23)15-19)13-14-30(18-34)26-8-4-2-6-22(26)24-12-10-20(32)16-28(24)30/h1-12,15-16,33-34H,13-14,17-18H2. The Kier molecular flexibility index (Phi) is 5.34. The Hall–Kier alpha value is -2.24. The van der Waals surface area contributed by atoms with Gasteiger partial charge in [-0.1, -0.05) is 92.5 Å². The van der Waals surface area contributed by atoms with E-state index in [-0.39, 0.29) is 13.2 Å². The summed E-state index contributed by atoms with van der Waals surface area (Å²) in [4.78, 5) is 0. The van der Waals surface area contributed by atoms with Crippen LogP contribution in [0.2, 0.25) is 0 Å². The summed E-state index contributed by atoms with van der Waals surface area (Å²) < 4.78 is 2.02. The highest BCUT2D eigenvalue weighted by molar-refractivity contribution is 9.10. The molecule has 0 saturated carbocycles. The predicted octanol–water partition coefficient (Wildman–Crippen LogP) is 7.21. The second-order valence-corrected chi connectivity index (χ2v) is 11.3. The third-order valence-electron chi connectivity index (χ3n) is 7.98. The smallest absolute Gasteiger partial charge is 0.0569 e. The molecular formula is C30H24Br2O2. The molecule has 2 aliphatic rings. The summed E-state index contributed by atoms with van der Waals surface area (Å²) in [6.45, 7) is 0.0317. The van der Waals surface area contributed by atoms with E-state index >= 15 is 0 Å². The highest BCUT2D eigenvalue weighted by Gasteiger charge is 2.48. The highest BCUT2D eigenvalue weighted by Crippen LogP contribution is 2.56. The van der Waals surface area contributed by atoms with Crippen molar-refractivity contribution in [3.05, 3.63) is 116 Å². The Morgan fingerprint density at radius 3 is 1.29 bits per heavy atom. The number of aliphatic hydroxyl groups excluding tert-OH is 2. The molecule has 0 spiro atoms. The summed E-state index contributed by atoms with van der Waals surface area (Å²) in [5, 5.41) is 22.0. The Morgan fingerprint density at radius 2 is 0.882 bits per heavy atom. The molecule has 0 heterocycles. The van der Waals surface area contributed by atoms with E-state index in [0.29, 0.717) is 12.8 Å². The minimum absolute atomic E-state index is 0.0158. The van der Waals surface area contributed by atoms with Crippen molar-refractivity contribution in [2.75, 3.05) is 13.2 Å². The van der Waals surface area contributed by atoms with Crippen molar-refractivity contribution in [1.29, 1.82) is 0 Å². The van der Waals surface area contributed by atoms with Gasteiger partial charge in [0, 0.05) is 19.8 Å². The molecule has 6 rings (SSSR count). The maximum Gasteiger partial charge on any atom is 0.0569 e. The van der Waals surface area contributed by atoms with Gasteiger partial charge in [-0.15, -0.1) is 0 Å². The Labute approximate surface area is 216 Å². The third-order valence-corrected chi connectivity index (χ3v) is 8.96. The lowest BCUT2D eigenvalue weighted by atomic mass is 9.68. The summed E-state index contributed by atoms with van der Waals surface area (Å²) in [5.41, 5.74) is 8.32. The van der Waals surface area contributed by atoms with Crippen LogP contribution in [0.25, 0.3) is 22.3 Å². The molecule has 170 valence electrons. The van der Waals surface area contributed by atoms with Crippen LogP contribution < -0.4 is 0 Å². The lowest BCUT2D eigenvalue weighted by Gasteiger charge is -2.36. The van der Waals surface area contributed by atoms with Crippen molar-refractivity contribution in [3.63, 3.8) is 0 Å². The fourth-order valence-electron chi connectivity index (χ4n) is 6.32. The van der Waals surface area contributed by atoms with Crippen LogP contribution in [0.4, 0.5) is 0 Å². The van der Waals surface area contributed by atoms with E-state index in [1.165, 1.54) is 33.4 Å². The summed E-state index contributed by atoms with van der Waals surface area (Å²) in [7, 11) is 0. The molecule has 4 aromatic rings. The van der Waals surface area contributed by atoms with Crippen LogP contribution in [-0.4, -0.2) is 23.4 Å². The van der Waals surface area contributed by atoms with Gasteiger partial charge in [-0.2, -0.15) is 0 Å². The fourth-order valence-corrected chi connectivity index (χ4v) is 7.04. The Morgan fingerprint density at radius 1 is 0.500 bits per heavy atom. The normalized spacial score (nSPS) is 21.6. The first kappa shape index (κ1) is 22.2. The second kappa shape index (κ2) is 8.17. The van der Waals surface area contributed by atoms with Gasteiger partial charge in [-0.25, -0.2) is 0 Å². The van der Waals surface area contributed by atoms with Crippen molar-refractivity contribution >= 4 is 31.9 Å². The first-order valence-corrected chi connectivity index (χ1v) is 13.1. The molecule has 0 aromatic heterocycles. The van der Waals surface area contributed by atoms with E-state index in [2.05, 4.69) is 117 Å². The van der Waals surface area contributed by atoms with Crippen LogP contribution >= 0.6 is 31.9 Å². The Balaban J connectivity index is 1.52. The lowest BCUT2D eigenvalue weighted by Crippen LogP contribution is -2.36. The van der Waals surface area contributed by atoms with Gasteiger partial charge in [-0.05, 0) is 81.6 Å². The number of hydrogen-bond acceptors (Lipinski definition) is 2. The molecule has 2 N–H and O–H groups in total. The summed E-state index contributed by atoms with van der Waals surface area (Å²) in [5.74, 6) is 0. The van der Waals surface area contributed by atoms with E-state index in [9.17, 15) is 10.2 Å². The minimum Gasteiger partial charge on any atom is -0.395 e. The molecule has 2 unspecified atom stereocenters. The maximum atomic E-state index is 11.0. The number of aliphatic hydroxyl groups is 2. The van der Waals surface area contributed by atoms with Crippen LogP contribution in [0.3, 0.4) is 0 Å². The maximum absolute atomic E-state index is 11.0. The van der Waals surface area contributed by atoms with Crippen molar-refractivity contribution in [3.8, 4) is 22.3 Å². The van der Waals surface area contributed by atoms with Crippen LogP contribution in [0.1, 0.15) is 35.1 Å². The molecule has 2 aliphatic carbocycles. The highest BCUT2D eigenvalue weighted by atomic mass is 79.9. The molecule has 2 nitrogen and oxygen atoms in total. The zero-order valence-electron chi connectivity index (χ0n) is 18.6. The van der Waals surface area contributed by atoms with Crippen LogP contribution in [-0.2, 0) is 10.8 Å². The molecule has 34 heavy (non-hydrogen) atoms. The molecule has 2 atom stereocenters. The number of fused-ring (bicyclic) bond motifs is 6. The van der Waals surface area contributed by atoms with E-state index in [1.807, 2.05) is 0 Å². The van der Waals surface area contributed by atoms with Crippen LogP contribution in [0, 0.1) is 0 Å². The molecular weight excluding hydrogens is 552 g/mol. The van der Waals surface area contributed by atoms with E-state index in [1.54, 1.807) is 0 Å². The first-order valence-electron chi connectivity index (χ1n) is 11.6. The van der Waals surface area contributed by atoms with Gasteiger partial charge in [0.1, 0.15) is 0 Å². The largest absolute Gasteiger partial charge is 0.395 e. The zero-order valence-corrected chi connectivity index (χ0v) is 21.7. The molecule has 0 fully saturated rings. The molecule has 4 heteroatoms. The van der Waals surface area contributed by atoms with Crippen molar-refractivity contribution in [1.82, 2.24) is 0 Å². The molecule has 0 radical (unpaired) electrons. The number of benzene rings is 4. The molecule has 0 amide bonds. The van der Waals surface area contributed by atoms with Crippen LogP contribution in [0.5, 0.6) is 0 Å². The quantitative estimate of drug-likeness (QED) is 0.264. The SMILES string of the molecule is OCC1(CCC2(CO)c3ccccc3-c3ccc(Br)cc32)c2ccccc2-c2ccc(Br)cc21. The average Bonchev–Trinajstić information content (AvgIpc) is 3.30. The van der Waals surface area contributed by atoms with Crippen LogP contribution in [0.15, 0.2) is 93.9 Å². The predicted molar refractivity (Wildman–Crippen MR) is 144 cm³/mol. The lowest BCUT2D eigenvalue weighted by molar-refractivity contribution is 0.177.